The molecule has 0 bridgehead atoms. The minimum atomic E-state index is -0.348. The topological polar surface area (TPSA) is 77.2 Å². The van der Waals surface area contributed by atoms with Crippen LogP contribution in [0, 0.1) is 6.92 Å². The van der Waals surface area contributed by atoms with Crippen LogP contribution in [0.15, 0.2) is 53.1 Å². The summed E-state index contributed by atoms with van der Waals surface area (Å²) >= 11 is 0. The van der Waals surface area contributed by atoms with Gasteiger partial charge in [0.05, 0.1) is 12.7 Å². The lowest BCUT2D eigenvalue weighted by molar-refractivity contribution is 0.0600. The largest absolute Gasteiger partial charge is 0.465 e. The third kappa shape index (κ3) is 3.60. The van der Waals surface area contributed by atoms with Crippen molar-refractivity contribution in [3.8, 4) is 11.5 Å². The predicted octanol–water partition coefficient (Wildman–Crippen LogP) is 3.44. The fourth-order valence-corrected chi connectivity index (χ4v) is 2.21. The number of carbonyl (C=O) groups is 1. The van der Waals surface area contributed by atoms with Crippen molar-refractivity contribution in [3.63, 3.8) is 0 Å². The van der Waals surface area contributed by atoms with Gasteiger partial charge in [0.2, 0.25) is 5.95 Å². The third-order valence-electron chi connectivity index (χ3n) is 3.47. The van der Waals surface area contributed by atoms with Crippen molar-refractivity contribution in [3.05, 3.63) is 65.5 Å². The van der Waals surface area contributed by atoms with E-state index in [0.29, 0.717) is 23.8 Å². The highest BCUT2D eigenvalue weighted by Crippen LogP contribution is 2.20. The molecule has 0 aliphatic carbocycles. The Hall–Kier alpha value is -3.15. The average molecular weight is 323 g/mol. The number of furan rings is 1. The molecule has 0 atom stereocenters. The minimum Gasteiger partial charge on any atom is -0.465 e. The van der Waals surface area contributed by atoms with E-state index in [1.165, 1.54) is 7.11 Å². The lowest BCUT2D eigenvalue weighted by atomic mass is 10.1. The Bertz CT molecular complexity index is 841. The van der Waals surface area contributed by atoms with E-state index in [-0.39, 0.29) is 5.97 Å². The van der Waals surface area contributed by atoms with Crippen LogP contribution in [0.5, 0.6) is 0 Å². The number of aromatic nitrogens is 2. The van der Waals surface area contributed by atoms with Gasteiger partial charge < -0.3 is 14.5 Å². The Balaban J connectivity index is 1.67. The van der Waals surface area contributed by atoms with Crippen molar-refractivity contribution in [1.82, 2.24) is 9.97 Å². The van der Waals surface area contributed by atoms with Crippen molar-refractivity contribution in [1.29, 1.82) is 0 Å². The molecule has 0 unspecified atom stereocenters. The number of aryl methyl sites for hydroxylation is 1. The van der Waals surface area contributed by atoms with Crippen LogP contribution >= 0.6 is 0 Å². The molecule has 0 amide bonds. The molecule has 3 aromatic rings. The van der Waals surface area contributed by atoms with Crippen LogP contribution < -0.4 is 5.32 Å². The number of esters is 1. The quantitative estimate of drug-likeness (QED) is 0.725. The summed E-state index contributed by atoms with van der Waals surface area (Å²) in [5, 5.41) is 3.16. The maximum absolute atomic E-state index is 11.4. The molecule has 0 fully saturated rings. The second-order valence-electron chi connectivity index (χ2n) is 5.22. The molecule has 0 saturated carbocycles. The fraction of sp³-hybridized carbons (Fsp3) is 0.167. The van der Waals surface area contributed by atoms with Gasteiger partial charge in [0.25, 0.3) is 0 Å². The zero-order chi connectivity index (χ0) is 16.9. The van der Waals surface area contributed by atoms with E-state index in [1.54, 1.807) is 24.4 Å². The van der Waals surface area contributed by atoms with Gasteiger partial charge in [0.1, 0.15) is 11.5 Å². The third-order valence-corrected chi connectivity index (χ3v) is 3.47. The van der Waals surface area contributed by atoms with E-state index in [9.17, 15) is 4.79 Å². The number of benzene rings is 1. The molecule has 3 rings (SSSR count). The maximum Gasteiger partial charge on any atom is 0.337 e. The first-order chi connectivity index (χ1) is 11.7. The van der Waals surface area contributed by atoms with Gasteiger partial charge in [-0.1, -0.05) is 12.1 Å². The minimum absolute atomic E-state index is 0.348. The second kappa shape index (κ2) is 6.95. The lowest BCUT2D eigenvalue weighted by Crippen LogP contribution is -2.05. The summed E-state index contributed by atoms with van der Waals surface area (Å²) < 4.78 is 10.3. The van der Waals surface area contributed by atoms with E-state index in [1.807, 2.05) is 31.2 Å². The highest BCUT2D eigenvalue weighted by atomic mass is 16.5. The molecule has 2 heterocycles. The Kier molecular flexibility index (Phi) is 4.56. The smallest absolute Gasteiger partial charge is 0.337 e. The molecular weight excluding hydrogens is 306 g/mol. The van der Waals surface area contributed by atoms with Crippen LogP contribution in [0.4, 0.5) is 5.95 Å². The molecule has 0 aliphatic rings. The average Bonchev–Trinajstić information content (AvgIpc) is 3.06. The van der Waals surface area contributed by atoms with Gasteiger partial charge in [-0.3, -0.25) is 0 Å². The summed E-state index contributed by atoms with van der Waals surface area (Å²) in [7, 11) is 1.36. The zero-order valence-electron chi connectivity index (χ0n) is 13.4. The van der Waals surface area contributed by atoms with Gasteiger partial charge in [0.15, 0.2) is 5.76 Å². The van der Waals surface area contributed by atoms with E-state index in [4.69, 9.17) is 4.42 Å². The number of hydrogen-bond donors (Lipinski definition) is 1. The van der Waals surface area contributed by atoms with Gasteiger partial charge in [-0.2, -0.15) is 0 Å². The number of ether oxygens (including phenoxy) is 1. The number of anilines is 1. The van der Waals surface area contributed by atoms with Gasteiger partial charge in [-0.05, 0) is 42.8 Å². The second-order valence-corrected chi connectivity index (χ2v) is 5.22. The first kappa shape index (κ1) is 15.7. The van der Waals surface area contributed by atoms with Crippen molar-refractivity contribution < 1.29 is 13.9 Å². The monoisotopic (exact) mass is 323 g/mol. The van der Waals surface area contributed by atoms with Crippen LogP contribution in [0.3, 0.4) is 0 Å². The van der Waals surface area contributed by atoms with E-state index < -0.39 is 0 Å². The Morgan fingerprint density at radius 2 is 1.96 bits per heavy atom. The molecule has 0 saturated heterocycles. The molecule has 122 valence electrons. The standard InChI is InChI=1S/C18H17N3O3/c1-12-3-8-16(24-12)15-9-10-19-18(21-15)20-11-13-4-6-14(7-5-13)17(22)23-2/h3-10H,11H2,1-2H3,(H,19,20,21). The molecule has 1 aromatic carbocycles. The van der Waals surface area contributed by atoms with Crippen LogP contribution in [0.2, 0.25) is 0 Å². The predicted molar refractivity (Wildman–Crippen MR) is 89.6 cm³/mol. The molecule has 1 N–H and O–H groups in total. The Labute approximate surface area is 139 Å². The number of nitrogens with one attached hydrogen (secondary N) is 1. The highest BCUT2D eigenvalue weighted by Gasteiger charge is 2.07. The molecular formula is C18H17N3O3. The number of hydrogen-bond acceptors (Lipinski definition) is 6. The SMILES string of the molecule is COC(=O)c1ccc(CNc2nccc(-c3ccc(C)o3)n2)cc1. The van der Waals surface area contributed by atoms with Gasteiger partial charge in [0, 0.05) is 12.7 Å². The highest BCUT2D eigenvalue weighted by molar-refractivity contribution is 5.89. The summed E-state index contributed by atoms with van der Waals surface area (Å²) in [6, 6.07) is 12.8. The number of nitrogens with zero attached hydrogens (tertiary/aromatic N) is 2. The normalized spacial score (nSPS) is 10.4. The van der Waals surface area contributed by atoms with Gasteiger partial charge in [-0.25, -0.2) is 14.8 Å². The van der Waals surface area contributed by atoms with E-state index in [0.717, 1.165) is 17.0 Å². The Morgan fingerprint density at radius 3 is 2.62 bits per heavy atom. The summed E-state index contributed by atoms with van der Waals surface area (Å²) in [4.78, 5) is 20.1. The van der Waals surface area contributed by atoms with Crippen LogP contribution in [-0.2, 0) is 11.3 Å². The molecule has 0 spiro atoms. The number of methoxy groups -OCH3 is 1. The van der Waals surface area contributed by atoms with Crippen molar-refractivity contribution >= 4 is 11.9 Å². The van der Waals surface area contributed by atoms with Crippen LogP contribution in [0.25, 0.3) is 11.5 Å². The molecule has 6 nitrogen and oxygen atoms in total. The first-order valence-corrected chi connectivity index (χ1v) is 7.46. The Morgan fingerprint density at radius 1 is 1.17 bits per heavy atom. The van der Waals surface area contributed by atoms with Crippen molar-refractivity contribution in [2.24, 2.45) is 0 Å². The van der Waals surface area contributed by atoms with Crippen molar-refractivity contribution in [2.45, 2.75) is 13.5 Å². The van der Waals surface area contributed by atoms with Gasteiger partial charge in [-0.15, -0.1) is 0 Å². The summed E-state index contributed by atoms with van der Waals surface area (Å²) in [6.07, 6.45) is 1.68. The first-order valence-electron chi connectivity index (χ1n) is 7.46. The maximum atomic E-state index is 11.4. The number of rotatable bonds is 5. The van der Waals surface area contributed by atoms with Crippen LogP contribution in [0.1, 0.15) is 21.7 Å². The molecule has 0 radical (unpaired) electrons. The van der Waals surface area contributed by atoms with E-state index in [2.05, 4.69) is 20.0 Å². The van der Waals surface area contributed by atoms with Crippen molar-refractivity contribution in [2.75, 3.05) is 12.4 Å². The molecule has 0 aliphatic heterocycles. The fourth-order valence-electron chi connectivity index (χ4n) is 2.21. The van der Waals surface area contributed by atoms with Gasteiger partial charge >= 0.3 is 5.97 Å². The van der Waals surface area contributed by atoms with E-state index >= 15 is 0 Å². The number of carbonyl (C=O) groups excluding carboxylic acids is 1. The lowest BCUT2D eigenvalue weighted by Gasteiger charge is -2.06. The zero-order valence-corrected chi connectivity index (χ0v) is 13.4. The summed E-state index contributed by atoms with van der Waals surface area (Å²) in [5.74, 6) is 1.71. The molecule has 6 heteroatoms. The van der Waals surface area contributed by atoms with Crippen LogP contribution in [-0.4, -0.2) is 23.0 Å². The summed E-state index contributed by atoms with van der Waals surface area (Å²) in [6.45, 7) is 2.43. The molecule has 24 heavy (non-hydrogen) atoms. The molecule has 2 aromatic heterocycles. The summed E-state index contributed by atoms with van der Waals surface area (Å²) in [5.41, 5.74) is 2.25.